The maximum absolute atomic E-state index is 12.4. The average Bonchev–Trinajstić information content (AvgIpc) is 3.00. The number of aryl methyl sites for hydroxylation is 1. The number of anilines is 2. The smallest absolute Gasteiger partial charge is 0.256 e. The van der Waals surface area contributed by atoms with Crippen LogP contribution in [0.3, 0.4) is 0 Å². The molecule has 124 valence electrons. The number of benzene rings is 1. The van der Waals surface area contributed by atoms with Crippen molar-refractivity contribution in [1.82, 2.24) is 9.78 Å². The summed E-state index contributed by atoms with van der Waals surface area (Å²) in [5.41, 5.74) is 1.81. The molecule has 5 nitrogen and oxygen atoms in total. The monoisotopic (exact) mass is 314 g/mol. The van der Waals surface area contributed by atoms with Crippen LogP contribution in [-0.2, 0) is 6.54 Å². The Labute approximate surface area is 138 Å². The van der Waals surface area contributed by atoms with E-state index in [1.54, 1.807) is 6.20 Å². The molecule has 0 aliphatic carbocycles. The molecule has 1 aromatic carbocycles. The average molecular weight is 314 g/mol. The SMILES string of the molecule is CCCN(CC)c1ccc(C(=O)Nc2ccnn2CCC)cc1. The van der Waals surface area contributed by atoms with Crippen molar-refractivity contribution in [3.8, 4) is 0 Å². The molecular formula is C18H26N4O. The molecule has 5 heteroatoms. The number of aromatic nitrogens is 2. The molecule has 0 atom stereocenters. The summed E-state index contributed by atoms with van der Waals surface area (Å²) in [6.07, 6.45) is 3.79. The molecular weight excluding hydrogens is 288 g/mol. The number of hydrogen-bond donors (Lipinski definition) is 1. The van der Waals surface area contributed by atoms with Gasteiger partial charge in [0.2, 0.25) is 0 Å². The molecule has 23 heavy (non-hydrogen) atoms. The molecule has 1 N–H and O–H groups in total. The number of nitrogens with zero attached hydrogens (tertiary/aromatic N) is 3. The van der Waals surface area contributed by atoms with Crippen LogP contribution < -0.4 is 10.2 Å². The normalized spacial score (nSPS) is 10.6. The number of carbonyl (C=O) groups excluding carboxylic acids is 1. The number of amides is 1. The third-order valence-corrected chi connectivity index (χ3v) is 3.76. The van der Waals surface area contributed by atoms with Gasteiger partial charge < -0.3 is 10.2 Å². The standard InChI is InChI=1S/C18H26N4O/c1-4-13-21(6-3)16-9-7-15(8-10-16)18(23)20-17-11-12-19-22(17)14-5-2/h7-12H,4-6,13-14H2,1-3H3,(H,20,23). The molecule has 0 saturated heterocycles. The van der Waals surface area contributed by atoms with E-state index in [0.29, 0.717) is 5.56 Å². The van der Waals surface area contributed by atoms with E-state index in [1.807, 2.05) is 35.0 Å². The minimum absolute atomic E-state index is 0.104. The minimum atomic E-state index is -0.104. The fourth-order valence-electron chi connectivity index (χ4n) is 2.58. The van der Waals surface area contributed by atoms with Crippen molar-refractivity contribution in [2.45, 2.75) is 40.2 Å². The Balaban J connectivity index is 2.06. The molecule has 0 unspecified atom stereocenters. The summed E-state index contributed by atoms with van der Waals surface area (Å²) in [6, 6.07) is 9.60. The highest BCUT2D eigenvalue weighted by atomic mass is 16.1. The van der Waals surface area contributed by atoms with Gasteiger partial charge in [0.05, 0.1) is 6.20 Å². The third kappa shape index (κ3) is 4.34. The summed E-state index contributed by atoms with van der Waals surface area (Å²) in [5.74, 6) is 0.634. The van der Waals surface area contributed by atoms with E-state index in [0.717, 1.165) is 44.0 Å². The van der Waals surface area contributed by atoms with Crippen molar-refractivity contribution in [2.75, 3.05) is 23.3 Å². The summed E-state index contributed by atoms with van der Waals surface area (Å²) in [4.78, 5) is 14.7. The van der Waals surface area contributed by atoms with Crippen LogP contribution in [0.4, 0.5) is 11.5 Å². The lowest BCUT2D eigenvalue weighted by molar-refractivity contribution is 0.102. The first-order valence-electron chi connectivity index (χ1n) is 8.37. The molecule has 2 rings (SSSR count). The summed E-state index contributed by atoms with van der Waals surface area (Å²) in [6.45, 7) is 9.19. The fraction of sp³-hybridized carbons (Fsp3) is 0.444. The van der Waals surface area contributed by atoms with Gasteiger partial charge in [-0.15, -0.1) is 0 Å². The molecule has 0 radical (unpaired) electrons. The van der Waals surface area contributed by atoms with E-state index < -0.39 is 0 Å². The predicted molar refractivity (Wildman–Crippen MR) is 95.1 cm³/mol. The zero-order valence-corrected chi connectivity index (χ0v) is 14.2. The third-order valence-electron chi connectivity index (χ3n) is 3.76. The van der Waals surface area contributed by atoms with E-state index in [4.69, 9.17) is 0 Å². The molecule has 0 spiro atoms. The quantitative estimate of drug-likeness (QED) is 0.806. The molecule has 1 amide bonds. The Kier molecular flexibility index (Phi) is 6.20. The van der Waals surface area contributed by atoms with Crippen LogP contribution in [0.15, 0.2) is 36.5 Å². The summed E-state index contributed by atoms with van der Waals surface area (Å²) in [5, 5.41) is 7.14. The van der Waals surface area contributed by atoms with Crippen LogP contribution in [0.25, 0.3) is 0 Å². The molecule has 1 heterocycles. The van der Waals surface area contributed by atoms with Crippen molar-refractivity contribution in [2.24, 2.45) is 0 Å². The Morgan fingerprint density at radius 3 is 2.48 bits per heavy atom. The lowest BCUT2D eigenvalue weighted by Crippen LogP contribution is -2.23. The first-order valence-corrected chi connectivity index (χ1v) is 8.37. The fourth-order valence-corrected chi connectivity index (χ4v) is 2.58. The largest absolute Gasteiger partial charge is 0.372 e. The first kappa shape index (κ1) is 17.1. The second kappa shape index (κ2) is 8.36. The van der Waals surface area contributed by atoms with Crippen LogP contribution in [0.5, 0.6) is 0 Å². The highest BCUT2D eigenvalue weighted by Crippen LogP contribution is 2.17. The Morgan fingerprint density at radius 2 is 1.87 bits per heavy atom. The molecule has 0 bridgehead atoms. The molecule has 0 aliphatic heterocycles. The summed E-state index contributed by atoms with van der Waals surface area (Å²) >= 11 is 0. The second-order valence-corrected chi connectivity index (χ2v) is 5.52. The Morgan fingerprint density at radius 1 is 1.13 bits per heavy atom. The van der Waals surface area contributed by atoms with Crippen molar-refractivity contribution in [1.29, 1.82) is 0 Å². The van der Waals surface area contributed by atoms with Crippen LogP contribution in [-0.4, -0.2) is 28.8 Å². The number of rotatable bonds is 8. The zero-order valence-electron chi connectivity index (χ0n) is 14.2. The maximum Gasteiger partial charge on any atom is 0.256 e. The van der Waals surface area contributed by atoms with Gasteiger partial charge in [0, 0.05) is 37.0 Å². The van der Waals surface area contributed by atoms with Gasteiger partial charge in [0.1, 0.15) is 5.82 Å². The van der Waals surface area contributed by atoms with Crippen LogP contribution >= 0.6 is 0 Å². The number of hydrogen-bond acceptors (Lipinski definition) is 3. The first-order chi connectivity index (χ1) is 11.2. The summed E-state index contributed by atoms with van der Waals surface area (Å²) in [7, 11) is 0. The minimum Gasteiger partial charge on any atom is -0.372 e. The van der Waals surface area contributed by atoms with Crippen molar-refractivity contribution in [3.05, 3.63) is 42.1 Å². The molecule has 0 saturated carbocycles. The Bertz CT molecular complexity index is 618. The van der Waals surface area contributed by atoms with Crippen molar-refractivity contribution >= 4 is 17.4 Å². The van der Waals surface area contributed by atoms with Gasteiger partial charge in [-0.05, 0) is 44.0 Å². The van der Waals surface area contributed by atoms with E-state index in [-0.39, 0.29) is 5.91 Å². The van der Waals surface area contributed by atoms with Gasteiger partial charge in [0.25, 0.3) is 5.91 Å². The molecule has 1 aromatic heterocycles. The highest BCUT2D eigenvalue weighted by Gasteiger charge is 2.10. The van der Waals surface area contributed by atoms with Crippen LogP contribution in [0.1, 0.15) is 44.0 Å². The van der Waals surface area contributed by atoms with Crippen molar-refractivity contribution < 1.29 is 4.79 Å². The molecule has 0 fully saturated rings. The number of nitrogens with one attached hydrogen (secondary N) is 1. The van der Waals surface area contributed by atoms with E-state index in [1.165, 1.54) is 0 Å². The van der Waals surface area contributed by atoms with Crippen LogP contribution in [0, 0.1) is 0 Å². The topological polar surface area (TPSA) is 50.2 Å². The predicted octanol–water partition coefficient (Wildman–Crippen LogP) is 3.78. The van der Waals surface area contributed by atoms with Gasteiger partial charge >= 0.3 is 0 Å². The van der Waals surface area contributed by atoms with Crippen molar-refractivity contribution in [3.63, 3.8) is 0 Å². The maximum atomic E-state index is 12.4. The zero-order chi connectivity index (χ0) is 16.7. The van der Waals surface area contributed by atoms with E-state index >= 15 is 0 Å². The van der Waals surface area contributed by atoms with Crippen LogP contribution in [0.2, 0.25) is 0 Å². The van der Waals surface area contributed by atoms with E-state index in [9.17, 15) is 4.79 Å². The van der Waals surface area contributed by atoms with Gasteiger partial charge in [-0.2, -0.15) is 5.10 Å². The van der Waals surface area contributed by atoms with E-state index in [2.05, 4.69) is 36.1 Å². The highest BCUT2D eigenvalue weighted by molar-refractivity contribution is 6.04. The molecule has 2 aromatic rings. The van der Waals surface area contributed by atoms with Gasteiger partial charge in [-0.25, -0.2) is 4.68 Å². The van der Waals surface area contributed by atoms with Gasteiger partial charge in [-0.1, -0.05) is 13.8 Å². The summed E-state index contributed by atoms with van der Waals surface area (Å²) < 4.78 is 1.81. The lowest BCUT2D eigenvalue weighted by Gasteiger charge is -2.22. The number of carbonyl (C=O) groups is 1. The second-order valence-electron chi connectivity index (χ2n) is 5.52. The molecule has 0 aliphatic rings. The van der Waals surface area contributed by atoms with Gasteiger partial charge in [0.15, 0.2) is 0 Å². The van der Waals surface area contributed by atoms with Gasteiger partial charge in [-0.3, -0.25) is 4.79 Å². The lowest BCUT2D eigenvalue weighted by atomic mass is 10.1. The Hall–Kier alpha value is -2.30.